The fourth-order valence-corrected chi connectivity index (χ4v) is 5.17. The summed E-state index contributed by atoms with van der Waals surface area (Å²) in [5.74, 6) is 0.499. The number of hydrogen-bond donors (Lipinski definition) is 1. The van der Waals surface area contributed by atoms with Crippen LogP contribution in [0.1, 0.15) is 25.0 Å². The van der Waals surface area contributed by atoms with Gasteiger partial charge >= 0.3 is 7.60 Å². The minimum Gasteiger partial charge on any atom is -0.497 e. The van der Waals surface area contributed by atoms with Crippen molar-refractivity contribution in [2.75, 3.05) is 25.6 Å². The molecular formula is C25H30N3O5P. The molecule has 180 valence electrons. The highest BCUT2D eigenvalue weighted by atomic mass is 31.2. The third-order valence-electron chi connectivity index (χ3n) is 4.99. The third-order valence-corrected chi connectivity index (χ3v) is 7.05. The van der Waals surface area contributed by atoms with Crippen LogP contribution in [0.3, 0.4) is 0 Å². The molecule has 0 atom stereocenters. The molecule has 0 saturated heterocycles. The predicted molar refractivity (Wildman–Crippen MR) is 134 cm³/mol. The molecule has 9 heteroatoms. The summed E-state index contributed by atoms with van der Waals surface area (Å²) in [4.78, 5) is 12.5. The predicted octanol–water partition coefficient (Wildman–Crippen LogP) is 5.51. The molecular weight excluding hydrogens is 453 g/mol. The number of ether oxygens (including phenoxy) is 1. The maximum absolute atomic E-state index is 12.7. The molecule has 0 bridgehead atoms. The largest absolute Gasteiger partial charge is 0.497 e. The molecule has 0 fully saturated rings. The molecule has 1 aromatic heterocycles. The van der Waals surface area contributed by atoms with E-state index < -0.39 is 7.60 Å². The van der Waals surface area contributed by atoms with Crippen molar-refractivity contribution in [2.45, 2.75) is 20.0 Å². The lowest BCUT2D eigenvalue weighted by Crippen LogP contribution is -2.07. The van der Waals surface area contributed by atoms with Gasteiger partial charge in [0.1, 0.15) is 5.75 Å². The number of benzene rings is 2. The Morgan fingerprint density at radius 1 is 1.06 bits per heavy atom. The zero-order chi connectivity index (χ0) is 24.6. The fourth-order valence-electron chi connectivity index (χ4n) is 3.47. The summed E-state index contributed by atoms with van der Waals surface area (Å²) in [5, 5.41) is 7.15. The van der Waals surface area contributed by atoms with Gasteiger partial charge in [-0.15, -0.1) is 0 Å². The van der Waals surface area contributed by atoms with Crippen molar-refractivity contribution >= 4 is 25.3 Å². The number of amides is 1. The van der Waals surface area contributed by atoms with E-state index in [9.17, 15) is 9.36 Å². The number of nitrogens with one attached hydrogen (secondary N) is 1. The van der Waals surface area contributed by atoms with E-state index in [2.05, 4.69) is 10.4 Å². The summed E-state index contributed by atoms with van der Waals surface area (Å²) in [5.41, 5.74) is 4.11. The second-order valence-corrected chi connectivity index (χ2v) is 9.48. The Labute approximate surface area is 200 Å². The minimum absolute atomic E-state index is 0.179. The highest BCUT2D eigenvalue weighted by Crippen LogP contribution is 2.51. The third kappa shape index (κ3) is 6.67. The summed E-state index contributed by atoms with van der Waals surface area (Å²) >= 11 is 0. The van der Waals surface area contributed by atoms with Gasteiger partial charge in [0.05, 0.1) is 38.4 Å². The highest BCUT2D eigenvalue weighted by Gasteiger charge is 2.23. The van der Waals surface area contributed by atoms with E-state index in [-0.39, 0.29) is 12.1 Å². The second kappa shape index (κ2) is 11.8. The zero-order valence-corrected chi connectivity index (χ0v) is 20.7. The minimum atomic E-state index is -3.17. The Kier molecular flexibility index (Phi) is 8.82. The number of hydrogen-bond acceptors (Lipinski definition) is 6. The molecule has 0 aliphatic heterocycles. The van der Waals surface area contributed by atoms with Crippen LogP contribution < -0.4 is 10.1 Å². The van der Waals surface area contributed by atoms with Crippen molar-refractivity contribution in [1.82, 2.24) is 9.78 Å². The van der Waals surface area contributed by atoms with Crippen molar-refractivity contribution in [3.63, 3.8) is 0 Å². The quantitative estimate of drug-likeness (QED) is 0.286. The van der Waals surface area contributed by atoms with Gasteiger partial charge in [-0.25, -0.2) is 0 Å². The van der Waals surface area contributed by atoms with Gasteiger partial charge in [-0.05, 0) is 61.9 Å². The van der Waals surface area contributed by atoms with Crippen molar-refractivity contribution < 1.29 is 23.1 Å². The Bertz CT molecular complexity index is 1160. The Balaban J connectivity index is 1.66. The van der Waals surface area contributed by atoms with E-state index >= 15 is 0 Å². The normalized spacial score (nSPS) is 11.6. The lowest BCUT2D eigenvalue weighted by molar-refractivity contribution is -0.111. The lowest BCUT2D eigenvalue weighted by Gasteiger charge is -2.17. The molecule has 1 amide bonds. The SMILES string of the molecule is CCOP(=O)(Cc1ccc(NC(=O)/C=C/c2cnn(C)c2-c2ccc(OC)cc2)cc1)OCC. The number of methoxy groups -OCH3 is 1. The lowest BCUT2D eigenvalue weighted by atomic mass is 10.1. The van der Waals surface area contributed by atoms with Gasteiger partial charge in [0, 0.05) is 29.9 Å². The monoisotopic (exact) mass is 483 g/mol. The number of aromatic nitrogens is 2. The van der Waals surface area contributed by atoms with Crippen LogP contribution in [-0.4, -0.2) is 36.0 Å². The maximum Gasteiger partial charge on any atom is 0.335 e. The van der Waals surface area contributed by atoms with Gasteiger partial charge < -0.3 is 19.1 Å². The van der Waals surface area contributed by atoms with Crippen molar-refractivity contribution in [1.29, 1.82) is 0 Å². The van der Waals surface area contributed by atoms with Crippen molar-refractivity contribution in [3.05, 3.63) is 71.9 Å². The van der Waals surface area contributed by atoms with E-state index in [0.717, 1.165) is 28.1 Å². The first-order valence-electron chi connectivity index (χ1n) is 11.0. The summed E-state index contributed by atoms with van der Waals surface area (Å²) in [6.45, 7) is 4.19. The molecule has 0 aliphatic carbocycles. The van der Waals surface area contributed by atoms with E-state index in [0.29, 0.717) is 18.9 Å². The molecule has 0 aliphatic rings. The number of carbonyl (C=O) groups is 1. The number of aryl methyl sites for hydroxylation is 1. The average molecular weight is 484 g/mol. The molecule has 1 heterocycles. The number of anilines is 1. The average Bonchev–Trinajstić information content (AvgIpc) is 3.19. The topological polar surface area (TPSA) is 91.7 Å². The van der Waals surface area contributed by atoms with Gasteiger partial charge in [-0.2, -0.15) is 5.10 Å². The summed E-state index contributed by atoms with van der Waals surface area (Å²) in [7, 11) is 0.305. The molecule has 8 nitrogen and oxygen atoms in total. The van der Waals surface area contributed by atoms with Crippen LogP contribution in [-0.2, 0) is 31.6 Å². The van der Waals surface area contributed by atoms with Crippen molar-refractivity contribution in [2.24, 2.45) is 7.05 Å². The smallest absolute Gasteiger partial charge is 0.335 e. The summed E-state index contributed by atoms with van der Waals surface area (Å²) in [6, 6.07) is 14.8. The molecule has 34 heavy (non-hydrogen) atoms. The van der Waals surface area contributed by atoms with Crippen LogP contribution in [0.2, 0.25) is 0 Å². The van der Waals surface area contributed by atoms with Gasteiger partial charge in [0.15, 0.2) is 0 Å². The first-order valence-corrected chi connectivity index (χ1v) is 12.7. The van der Waals surface area contributed by atoms with Crippen LogP contribution >= 0.6 is 7.60 Å². The van der Waals surface area contributed by atoms with Gasteiger partial charge in [0.25, 0.3) is 0 Å². The molecule has 1 N–H and O–H groups in total. The number of nitrogens with zero attached hydrogens (tertiary/aromatic N) is 2. The Morgan fingerprint density at radius 2 is 1.71 bits per heavy atom. The van der Waals surface area contributed by atoms with Crippen molar-refractivity contribution in [3.8, 4) is 17.0 Å². The van der Waals surface area contributed by atoms with Gasteiger partial charge in [-0.1, -0.05) is 12.1 Å². The van der Waals surface area contributed by atoms with Crippen LogP contribution in [0.4, 0.5) is 5.69 Å². The molecule has 2 aromatic carbocycles. The van der Waals surface area contributed by atoms with Gasteiger partial charge in [0.2, 0.25) is 5.91 Å². The highest BCUT2D eigenvalue weighted by molar-refractivity contribution is 7.53. The fraction of sp³-hybridized carbons (Fsp3) is 0.280. The molecule has 0 radical (unpaired) electrons. The zero-order valence-electron chi connectivity index (χ0n) is 19.9. The van der Waals surface area contributed by atoms with Gasteiger partial charge in [-0.3, -0.25) is 14.0 Å². The Hall–Kier alpha value is -3.19. The summed E-state index contributed by atoms with van der Waals surface area (Å²) in [6.07, 6.45) is 5.10. The van der Waals surface area contributed by atoms with Crippen LogP contribution in [0.5, 0.6) is 5.75 Å². The number of rotatable bonds is 11. The molecule has 0 saturated carbocycles. The van der Waals surface area contributed by atoms with Crippen LogP contribution in [0.25, 0.3) is 17.3 Å². The van der Waals surface area contributed by atoms with E-state index in [4.69, 9.17) is 13.8 Å². The standard InChI is InChI=1S/C25H30N3O5P/c1-5-32-34(30,33-6-2)18-19-7-12-22(13-8-19)27-24(29)16-11-21-17-26-28(3)25(21)20-9-14-23(31-4)15-10-20/h7-17H,5-6,18H2,1-4H3,(H,27,29)/b16-11+. The molecule has 3 aromatic rings. The Morgan fingerprint density at radius 3 is 2.29 bits per heavy atom. The van der Waals surface area contributed by atoms with Crippen LogP contribution in [0.15, 0.2) is 60.8 Å². The molecule has 3 rings (SSSR count). The van der Waals surface area contributed by atoms with Crippen LogP contribution in [0, 0.1) is 0 Å². The second-order valence-electron chi connectivity index (χ2n) is 7.42. The first-order chi connectivity index (χ1) is 16.4. The maximum atomic E-state index is 12.7. The first kappa shape index (κ1) is 25.4. The summed E-state index contributed by atoms with van der Waals surface area (Å²) < 4.78 is 30.4. The number of carbonyl (C=O) groups excluding carboxylic acids is 1. The van der Waals surface area contributed by atoms with E-state index in [1.165, 1.54) is 6.08 Å². The molecule has 0 unspecified atom stereocenters. The molecule has 0 spiro atoms. The van der Waals surface area contributed by atoms with E-state index in [1.54, 1.807) is 62.2 Å². The van der Waals surface area contributed by atoms with E-state index in [1.807, 2.05) is 31.3 Å².